The summed E-state index contributed by atoms with van der Waals surface area (Å²) in [5.41, 5.74) is 24.3. The minimum atomic E-state index is 1.16. The van der Waals surface area contributed by atoms with Crippen LogP contribution in [0.1, 0.15) is 0 Å². The first-order valence-corrected chi connectivity index (χ1v) is 23.3. The molecule has 12 rings (SSSR count). The van der Waals surface area contributed by atoms with Gasteiger partial charge in [-0.15, -0.1) is 16.8 Å². The number of aromatic nitrogens is 2. The number of hydrogen-bond donors (Lipinski definition) is 0. The summed E-state index contributed by atoms with van der Waals surface area (Å²) in [6.45, 7) is 0. The zero-order valence-corrected chi connectivity index (χ0v) is 38.2. The van der Waals surface area contributed by atoms with Crippen molar-refractivity contribution in [2.75, 3.05) is 0 Å². The van der Waals surface area contributed by atoms with Gasteiger partial charge in [0.05, 0.1) is 11.0 Å². The molecule has 64 heavy (non-hydrogen) atoms. The molecule has 0 aliphatic rings. The minimum absolute atomic E-state index is 1.16. The average molecular weight is 826 g/mol. The van der Waals surface area contributed by atoms with Gasteiger partial charge in [0, 0.05) is 58.7 Å². The van der Waals surface area contributed by atoms with E-state index in [1.54, 1.807) is 0 Å². The Morgan fingerprint density at radius 1 is 0.312 bits per heavy atom. The second kappa shape index (κ2) is 14.7. The zero-order valence-electron chi connectivity index (χ0n) is 37.4. The van der Waals surface area contributed by atoms with Gasteiger partial charge in [0.1, 0.15) is 54.9 Å². The van der Waals surface area contributed by atoms with Gasteiger partial charge in [-0.2, -0.15) is 0 Å². The lowest BCUT2D eigenvalue weighted by Gasteiger charge is -2.19. The van der Waals surface area contributed by atoms with Gasteiger partial charge in [0.25, 0.3) is 0 Å². The fourth-order valence-electron chi connectivity index (χ4n) is 11.0. The van der Waals surface area contributed by atoms with Crippen molar-refractivity contribution in [1.82, 2.24) is 9.13 Å². The molecule has 0 unspecified atom stereocenters. The molecular weight excluding hydrogens is 784 g/mol. The fraction of sp³-hybridized carbons (Fsp3) is 0. The quantitative estimate of drug-likeness (QED) is 0.237. The van der Waals surface area contributed by atoms with Crippen molar-refractivity contribution in [3.63, 3.8) is 0 Å². The molecule has 3 heterocycles. The van der Waals surface area contributed by atoms with Gasteiger partial charge in [0.2, 0.25) is 0 Å². The smallest absolute Gasteiger partial charge is 0.141 e. The summed E-state index contributed by atoms with van der Waals surface area (Å²) < 4.78 is 7.73. The summed E-state index contributed by atoms with van der Waals surface area (Å²) in [4.78, 5) is 0. The van der Waals surface area contributed by atoms with Crippen LogP contribution >= 0.6 is 11.3 Å². The minimum Gasteiger partial charge on any atom is -0.310 e. The van der Waals surface area contributed by atoms with Crippen LogP contribution in [0, 0.1) is 0 Å². The van der Waals surface area contributed by atoms with Crippen molar-refractivity contribution < 1.29 is 0 Å². The first-order chi connectivity index (χ1) is 31.2. The van der Waals surface area contributed by atoms with Gasteiger partial charge >= 0.3 is 0 Å². The average Bonchev–Trinajstić information content (AvgIpc) is 4.00. The highest BCUT2D eigenvalue weighted by Gasteiger charge is 2.26. The molecule has 0 saturated carbocycles. The van der Waals surface area contributed by atoms with Crippen LogP contribution in [0.5, 0.6) is 0 Å². The second-order valence-corrected chi connectivity index (χ2v) is 19.0. The Morgan fingerprint density at radius 3 is 1.55 bits per heavy atom. The molecule has 0 amide bonds. The Bertz CT molecular complexity index is 3930. The molecule has 0 spiro atoms. The van der Waals surface area contributed by atoms with E-state index in [1.807, 2.05) is 11.3 Å². The largest absolute Gasteiger partial charge is 0.310 e. The van der Waals surface area contributed by atoms with E-state index in [1.165, 1.54) is 141 Å². The maximum Gasteiger partial charge on any atom is 0.141 e. The van der Waals surface area contributed by atoms with Gasteiger partial charge in [-0.05, 0) is 99.4 Å². The summed E-state index contributed by atoms with van der Waals surface area (Å²) in [6, 6.07) is 60.7. The Morgan fingerprint density at radius 2 is 0.844 bits per heavy atom. The number of fused-ring (bicyclic) bond motifs is 9. The van der Waals surface area contributed by atoms with Crippen molar-refractivity contribution >= 4 is 168 Å². The van der Waals surface area contributed by atoms with E-state index in [-0.39, 0.29) is 0 Å². The molecule has 3 aromatic heterocycles. The maximum atomic E-state index is 2.61. The maximum absolute atomic E-state index is 2.61. The van der Waals surface area contributed by atoms with E-state index in [9.17, 15) is 0 Å². The Hall–Kier alpha value is -6.75. The first kappa shape index (κ1) is 38.9. The Kier molecular flexibility index (Phi) is 8.91. The molecule has 0 aliphatic carbocycles. The number of thiophene rings is 1. The number of hydrogen-bond acceptors (Lipinski definition) is 1. The number of nitrogens with zero attached hydrogens (tertiary/aromatic N) is 2. The predicted octanol–water partition coefficient (Wildman–Crippen LogP) is 3.06. The molecule has 294 valence electrons. The molecule has 0 fully saturated rings. The standard InChI is InChI=1S/C54H41B7N2S/c55-46-43(47(56)51(60)53-44(46)45-48(57)49(58)50(59)52(61)54(45)63(53)34-20-23-42-38(27-34)35-16-7-8-17-41(35)64-42)32-19-22-40-37(26-32)36-25-31(29-12-5-2-6-13-29)18-21-39(36)62(40)33-15-9-14-30(24-33)28-10-3-1-4-11-28/h1-27H,55-61H2. The second-order valence-electron chi connectivity index (χ2n) is 17.9. The van der Waals surface area contributed by atoms with E-state index in [0.29, 0.717) is 0 Å². The predicted molar refractivity (Wildman–Crippen MR) is 302 cm³/mol. The van der Waals surface area contributed by atoms with Crippen LogP contribution in [-0.2, 0) is 0 Å². The van der Waals surface area contributed by atoms with Crippen molar-refractivity contribution in [2.24, 2.45) is 0 Å². The van der Waals surface area contributed by atoms with Gasteiger partial charge < -0.3 is 9.13 Å². The molecule has 0 bridgehead atoms. The van der Waals surface area contributed by atoms with Crippen molar-refractivity contribution in [2.45, 2.75) is 0 Å². The van der Waals surface area contributed by atoms with Crippen LogP contribution in [0.25, 0.3) is 109 Å². The van der Waals surface area contributed by atoms with Crippen LogP contribution < -0.4 is 38.2 Å². The van der Waals surface area contributed by atoms with Gasteiger partial charge in [-0.1, -0.05) is 136 Å². The highest BCUT2D eigenvalue weighted by Crippen LogP contribution is 2.40. The molecule has 12 aromatic rings. The SMILES string of the molecule is Bc1c(B)c(B)c2c(c1B)c1c(B)c(-c3ccc4c(c3)c3cc(-c5ccccc5)ccc3n4-c3cccc(-c4ccccc4)c3)c(B)c(B)c1n2-c1ccc2sc3ccccc3c2c1. The van der Waals surface area contributed by atoms with Crippen LogP contribution in [0.4, 0.5) is 0 Å². The van der Waals surface area contributed by atoms with Crippen molar-refractivity contribution in [3.05, 3.63) is 164 Å². The van der Waals surface area contributed by atoms with E-state index in [2.05, 4.69) is 228 Å². The van der Waals surface area contributed by atoms with Gasteiger partial charge in [-0.25, -0.2) is 0 Å². The lowest BCUT2D eigenvalue weighted by atomic mass is 9.64. The summed E-state index contributed by atoms with van der Waals surface area (Å²) in [5.74, 6) is 0. The Balaban J connectivity index is 1.14. The molecule has 0 radical (unpaired) electrons. The van der Waals surface area contributed by atoms with E-state index >= 15 is 0 Å². The zero-order chi connectivity index (χ0) is 43.5. The summed E-state index contributed by atoms with van der Waals surface area (Å²) in [5, 5.41) is 7.89. The summed E-state index contributed by atoms with van der Waals surface area (Å²) >= 11 is 1.88. The van der Waals surface area contributed by atoms with E-state index in [0.717, 1.165) is 5.69 Å². The molecule has 0 saturated heterocycles. The normalized spacial score (nSPS) is 11.9. The van der Waals surface area contributed by atoms with Crippen LogP contribution in [0.3, 0.4) is 0 Å². The van der Waals surface area contributed by atoms with Gasteiger partial charge in [-0.3, -0.25) is 0 Å². The van der Waals surface area contributed by atoms with E-state index in [4.69, 9.17) is 0 Å². The molecular formula is C54H41B7N2S. The molecule has 10 heteroatoms. The lowest BCUT2D eigenvalue weighted by molar-refractivity contribution is 1.18. The third-order valence-corrected chi connectivity index (χ3v) is 15.8. The van der Waals surface area contributed by atoms with Gasteiger partial charge in [0.15, 0.2) is 0 Å². The third-order valence-electron chi connectivity index (χ3n) is 14.6. The topological polar surface area (TPSA) is 9.86 Å². The monoisotopic (exact) mass is 826 g/mol. The summed E-state index contributed by atoms with van der Waals surface area (Å²) in [6.07, 6.45) is 0. The molecule has 9 aromatic carbocycles. The Labute approximate surface area is 383 Å². The van der Waals surface area contributed by atoms with Crippen molar-refractivity contribution in [3.8, 4) is 44.8 Å². The summed E-state index contributed by atoms with van der Waals surface area (Å²) in [7, 11) is 16.4. The fourth-order valence-corrected chi connectivity index (χ4v) is 12.1. The molecule has 2 nitrogen and oxygen atoms in total. The number of benzene rings is 9. The first-order valence-electron chi connectivity index (χ1n) is 22.4. The molecule has 0 N–H and O–H groups in total. The van der Waals surface area contributed by atoms with Crippen molar-refractivity contribution in [1.29, 1.82) is 0 Å². The van der Waals surface area contributed by atoms with Crippen LogP contribution in [-0.4, -0.2) is 64.1 Å². The highest BCUT2D eigenvalue weighted by molar-refractivity contribution is 7.25. The van der Waals surface area contributed by atoms with Crippen LogP contribution in [0.2, 0.25) is 0 Å². The number of rotatable bonds is 5. The van der Waals surface area contributed by atoms with E-state index < -0.39 is 0 Å². The van der Waals surface area contributed by atoms with Crippen LogP contribution in [0.15, 0.2) is 164 Å². The lowest BCUT2D eigenvalue weighted by Crippen LogP contribution is -2.48. The highest BCUT2D eigenvalue weighted by atomic mass is 32.1. The molecule has 0 atom stereocenters. The molecule has 0 aliphatic heterocycles. The third kappa shape index (κ3) is 5.68.